The third-order valence-electron chi connectivity index (χ3n) is 5.75. The molecule has 162 valence electrons. The molecule has 1 heterocycles. The molecule has 0 aromatic heterocycles. The van der Waals surface area contributed by atoms with E-state index in [0.29, 0.717) is 36.8 Å². The molecule has 3 rings (SSSR count). The molecule has 1 aliphatic heterocycles. The molecule has 0 unspecified atom stereocenters. The van der Waals surface area contributed by atoms with Gasteiger partial charge in [0, 0.05) is 12.1 Å². The standard InChI is InChI=1S/C25H27NO5/c1-3-14-25(15-13-18-9-6-5-7-10-18)17-22(27)23(24(28)31-25)21(4-2)19-11-8-12-20(16-19)26(29)30/h5-12,16H,3-4,13-15,17H2,1-2H3/t25-/m1/s1. The van der Waals surface area contributed by atoms with Crippen molar-refractivity contribution in [2.75, 3.05) is 0 Å². The fourth-order valence-electron chi connectivity index (χ4n) is 4.28. The summed E-state index contributed by atoms with van der Waals surface area (Å²) in [6.45, 7) is 3.83. The van der Waals surface area contributed by atoms with E-state index in [1.165, 1.54) is 12.1 Å². The van der Waals surface area contributed by atoms with Crippen LogP contribution in [0.4, 0.5) is 5.69 Å². The molecule has 31 heavy (non-hydrogen) atoms. The number of cyclic esters (lactones) is 1. The van der Waals surface area contributed by atoms with Crippen LogP contribution in [0.25, 0.3) is 5.57 Å². The molecule has 1 aliphatic rings. The number of hydrogen-bond acceptors (Lipinski definition) is 5. The van der Waals surface area contributed by atoms with Crippen LogP contribution < -0.4 is 0 Å². The van der Waals surface area contributed by atoms with E-state index in [1.807, 2.05) is 44.2 Å². The van der Waals surface area contributed by atoms with Gasteiger partial charge in [-0.2, -0.15) is 0 Å². The largest absolute Gasteiger partial charge is 0.455 e. The topological polar surface area (TPSA) is 86.5 Å². The molecule has 0 aliphatic carbocycles. The van der Waals surface area contributed by atoms with Crippen molar-refractivity contribution in [1.29, 1.82) is 0 Å². The number of ether oxygens (including phenoxy) is 1. The highest BCUT2D eigenvalue weighted by atomic mass is 16.6. The van der Waals surface area contributed by atoms with E-state index in [-0.39, 0.29) is 23.5 Å². The number of hydrogen-bond donors (Lipinski definition) is 0. The summed E-state index contributed by atoms with van der Waals surface area (Å²) >= 11 is 0. The second-order valence-electron chi connectivity index (χ2n) is 7.92. The first-order valence-electron chi connectivity index (χ1n) is 10.7. The molecule has 1 atom stereocenters. The zero-order valence-corrected chi connectivity index (χ0v) is 17.9. The maximum absolute atomic E-state index is 13.2. The van der Waals surface area contributed by atoms with Gasteiger partial charge in [0.1, 0.15) is 11.2 Å². The zero-order chi connectivity index (χ0) is 22.4. The van der Waals surface area contributed by atoms with E-state index in [2.05, 4.69) is 0 Å². The minimum atomic E-state index is -0.816. The minimum Gasteiger partial charge on any atom is -0.455 e. The van der Waals surface area contributed by atoms with Gasteiger partial charge in [0.15, 0.2) is 5.78 Å². The van der Waals surface area contributed by atoms with Gasteiger partial charge in [-0.05, 0) is 42.4 Å². The Labute approximate surface area is 182 Å². The number of aryl methyl sites for hydroxylation is 1. The summed E-state index contributed by atoms with van der Waals surface area (Å²) in [5, 5.41) is 11.1. The van der Waals surface area contributed by atoms with E-state index >= 15 is 0 Å². The molecule has 2 aromatic rings. The third kappa shape index (κ3) is 5.08. The molecule has 2 aromatic carbocycles. The van der Waals surface area contributed by atoms with E-state index < -0.39 is 16.5 Å². The van der Waals surface area contributed by atoms with Crippen molar-refractivity contribution in [2.24, 2.45) is 0 Å². The quantitative estimate of drug-likeness (QED) is 0.186. The first-order chi connectivity index (χ1) is 14.9. The lowest BCUT2D eigenvalue weighted by molar-refractivity contribution is -0.384. The lowest BCUT2D eigenvalue weighted by Gasteiger charge is -2.37. The van der Waals surface area contributed by atoms with Crippen molar-refractivity contribution in [2.45, 2.75) is 58.0 Å². The van der Waals surface area contributed by atoms with E-state index in [9.17, 15) is 19.7 Å². The summed E-state index contributed by atoms with van der Waals surface area (Å²) in [5.74, 6) is -0.873. The zero-order valence-electron chi connectivity index (χ0n) is 17.9. The molecule has 0 amide bonds. The number of nitro benzene ring substituents is 1. The van der Waals surface area contributed by atoms with Crippen LogP contribution in [-0.4, -0.2) is 22.3 Å². The van der Waals surface area contributed by atoms with Crippen LogP contribution in [-0.2, 0) is 20.7 Å². The molecule has 6 heteroatoms. The van der Waals surface area contributed by atoms with Crippen molar-refractivity contribution >= 4 is 23.0 Å². The predicted molar refractivity (Wildman–Crippen MR) is 118 cm³/mol. The van der Waals surface area contributed by atoms with Gasteiger partial charge in [-0.1, -0.05) is 62.7 Å². The Morgan fingerprint density at radius 2 is 1.81 bits per heavy atom. The Hall–Kier alpha value is -3.28. The number of Topliss-reactive ketones (excluding diaryl/α,β-unsaturated/α-hetero) is 1. The van der Waals surface area contributed by atoms with Crippen molar-refractivity contribution in [3.05, 3.63) is 81.4 Å². The van der Waals surface area contributed by atoms with Gasteiger partial charge in [-0.15, -0.1) is 0 Å². The number of nitrogens with zero attached hydrogens (tertiary/aromatic N) is 1. The van der Waals surface area contributed by atoms with Crippen molar-refractivity contribution in [3.8, 4) is 0 Å². The Balaban J connectivity index is 1.92. The fourth-order valence-corrected chi connectivity index (χ4v) is 4.28. The summed E-state index contributed by atoms with van der Waals surface area (Å²) in [6, 6.07) is 16.0. The first kappa shape index (κ1) is 22.4. The molecule has 1 fully saturated rings. The van der Waals surface area contributed by atoms with E-state index in [1.54, 1.807) is 12.1 Å². The molecular formula is C25H27NO5. The average Bonchev–Trinajstić information content (AvgIpc) is 2.76. The Morgan fingerprint density at radius 1 is 1.06 bits per heavy atom. The summed E-state index contributed by atoms with van der Waals surface area (Å²) in [5.41, 5.74) is 1.26. The van der Waals surface area contributed by atoms with Crippen molar-refractivity contribution < 1.29 is 19.2 Å². The number of allylic oxidation sites excluding steroid dienone is 1. The molecule has 6 nitrogen and oxygen atoms in total. The number of ketones is 1. The Kier molecular flexibility index (Phi) is 7.00. The van der Waals surface area contributed by atoms with Gasteiger partial charge < -0.3 is 4.74 Å². The van der Waals surface area contributed by atoms with Gasteiger partial charge in [0.25, 0.3) is 5.69 Å². The number of esters is 1. The van der Waals surface area contributed by atoms with Crippen LogP contribution in [0.15, 0.2) is 60.2 Å². The number of carbonyl (C=O) groups is 2. The van der Waals surface area contributed by atoms with Gasteiger partial charge in [0.05, 0.1) is 11.3 Å². The number of non-ortho nitro benzene ring substituents is 1. The number of benzene rings is 2. The van der Waals surface area contributed by atoms with Gasteiger partial charge in [0.2, 0.25) is 0 Å². The molecule has 0 N–H and O–H groups in total. The van der Waals surface area contributed by atoms with Crippen LogP contribution in [0.2, 0.25) is 0 Å². The second kappa shape index (κ2) is 9.69. The van der Waals surface area contributed by atoms with E-state index in [4.69, 9.17) is 4.74 Å². The van der Waals surface area contributed by atoms with Crippen LogP contribution in [0.5, 0.6) is 0 Å². The highest BCUT2D eigenvalue weighted by Gasteiger charge is 2.44. The van der Waals surface area contributed by atoms with Crippen LogP contribution in [0.1, 0.15) is 57.1 Å². The normalized spacial score (nSPS) is 20.3. The molecule has 0 radical (unpaired) electrons. The number of rotatable bonds is 8. The maximum Gasteiger partial charge on any atom is 0.342 e. The highest BCUT2D eigenvalue weighted by Crippen LogP contribution is 2.38. The summed E-state index contributed by atoms with van der Waals surface area (Å²) in [7, 11) is 0. The lowest BCUT2D eigenvalue weighted by atomic mass is 9.80. The lowest BCUT2D eigenvalue weighted by Crippen LogP contribution is -2.44. The van der Waals surface area contributed by atoms with Crippen molar-refractivity contribution in [1.82, 2.24) is 0 Å². The number of nitro groups is 1. The third-order valence-corrected chi connectivity index (χ3v) is 5.75. The SMILES string of the molecule is CCC[C@@]1(CCc2ccccc2)CC(=O)C(=C(CC)c2cccc([N+](=O)[O-])c2)C(=O)O1. The molecule has 0 bridgehead atoms. The first-order valence-corrected chi connectivity index (χ1v) is 10.7. The Morgan fingerprint density at radius 3 is 2.42 bits per heavy atom. The van der Waals surface area contributed by atoms with Crippen molar-refractivity contribution in [3.63, 3.8) is 0 Å². The molecule has 1 saturated heterocycles. The maximum atomic E-state index is 13.2. The van der Waals surface area contributed by atoms with Gasteiger partial charge in [-0.3, -0.25) is 14.9 Å². The monoisotopic (exact) mass is 421 g/mol. The molecule has 0 saturated carbocycles. The number of carbonyl (C=O) groups excluding carboxylic acids is 2. The summed E-state index contributed by atoms with van der Waals surface area (Å²) in [4.78, 5) is 36.9. The van der Waals surface area contributed by atoms with Gasteiger partial charge >= 0.3 is 5.97 Å². The van der Waals surface area contributed by atoms with Crippen LogP contribution >= 0.6 is 0 Å². The van der Waals surface area contributed by atoms with E-state index in [0.717, 1.165) is 12.0 Å². The predicted octanol–water partition coefficient (Wildman–Crippen LogP) is 5.45. The summed E-state index contributed by atoms with van der Waals surface area (Å²) in [6.07, 6.45) is 3.22. The fraction of sp³-hybridized carbons (Fsp3) is 0.360. The van der Waals surface area contributed by atoms with Crippen LogP contribution in [0, 0.1) is 10.1 Å². The Bertz CT molecular complexity index is 990. The molecular weight excluding hydrogens is 394 g/mol. The summed E-state index contributed by atoms with van der Waals surface area (Å²) < 4.78 is 5.95. The van der Waals surface area contributed by atoms with Gasteiger partial charge in [-0.25, -0.2) is 4.79 Å². The average molecular weight is 421 g/mol. The highest BCUT2D eigenvalue weighted by molar-refractivity contribution is 6.24. The molecule has 0 spiro atoms. The minimum absolute atomic E-state index is 0.0226. The van der Waals surface area contributed by atoms with Crippen LogP contribution in [0.3, 0.4) is 0 Å². The smallest absolute Gasteiger partial charge is 0.342 e. The second-order valence-corrected chi connectivity index (χ2v) is 7.92.